The highest BCUT2D eigenvalue weighted by atomic mass is 16.5. The maximum absolute atomic E-state index is 12.4. The number of amides is 1. The van der Waals surface area contributed by atoms with Gasteiger partial charge in [0.2, 0.25) is 5.91 Å². The lowest BCUT2D eigenvalue weighted by Crippen LogP contribution is -2.24. The smallest absolute Gasteiger partial charge is 0.258 e. The number of benzene rings is 2. The molecule has 1 amide bonds. The van der Waals surface area contributed by atoms with Crippen molar-refractivity contribution in [2.75, 3.05) is 11.4 Å². The second-order valence-corrected chi connectivity index (χ2v) is 6.48. The molecule has 3 heterocycles. The number of nitrogens with one attached hydrogen (secondary N) is 1. The summed E-state index contributed by atoms with van der Waals surface area (Å²) in [4.78, 5) is 21.9. The van der Waals surface area contributed by atoms with Crippen LogP contribution in [0.2, 0.25) is 0 Å². The zero-order chi connectivity index (χ0) is 17.5. The first-order chi connectivity index (χ1) is 12.8. The first-order valence-corrected chi connectivity index (χ1v) is 8.54. The molecule has 2 aromatic heterocycles. The van der Waals surface area contributed by atoms with Gasteiger partial charge in [0, 0.05) is 41.8 Å². The summed E-state index contributed by atoms with van der Waals surface area (Å²) in [6.07, 6.45) is 2.29. The molecule has 1 aliphatic heterocycles. The Bertz CT molecular complexity index is 1080. The minimum Gasteiger partial charge on any atom is -0.361 e. The van der Waals surface area contributed by atoms with Gasteiger partial charge in [-0.05, 0) is 35.7 Å². The van der Waals surface area contributed by atoms with E-state index < -0.39 is 0 Å². The van der Waals surface area contributed by atoms with Crippen molar-refractivity contribution in [2.45, 2.75) is 12.3 Å². The van der Waals surface area contributed by atoms with E-state index in [0.29, 0.717) is 24.7 Å². The summed E-state index contributed by atoms with van der Waals surface area (Å²) < 4.78 is 5.46. The van der Waals surface area contributed by atoms with E-state index in [-0.39, 0.29) is 11.8 Å². The van der Waals surface area contributed by atoms with E-state index in [1.165, 1.54) is 0 Å². The van der Waals surface area contributed by atoms with Crippen LogP contribution >= 0.6 is 0 Å². The van der Waals surface area contributed by atoms with Crippen molar-refractivity contribution in [2.24, 2.45) is 0 Å². The van der Waals surface area contributed by atoms with Crippen molar-refractivity contribution in [1.82, 2.24) is 15.1 Å². The second-order valence-electron chi connectivity index (χ2n) is 6.48. The third-order valence-corrected chi connectivity index (χ3v) is 4.80. The maximum Gasteiger partial charge on any atom is 0.258 e. The van der Waals surface area contributed by atoms with Gasteiger partial charge in [0.05, 0.1) is 0 Å². The summed E-state index contributed by atoms with van der Waals surface area (Å²) >= 11 is 0. The predicted molar refractivity (Wildman–Crippen MR) is 97.7 cm³/mol. The van der Waals surface area contributed by atoms with Gasteiger partial charge >= 0.3 is 0 Å². The molecule has 128 valence electrons. The SMILES string of the molecule is O=C1CC(c2noc(-c3ccc4cc[nH]c4c3)n2)CN1c1ccccc1. The minimum absolute atomic E-state index is 0.0607. The fourth-order valence-electron chi connectivity index (χ4n) is 3.44. The van der Waals surface area contributed by atoms with Crippen LogP contribution in [0.25, 0.3) is 22.4 Å². The topological polar surface area (TPSA) is 75.0 Å². The molecular formula is C20H16N4O2. The molecule has 6 nitrogen and oxygen atoms in total. The summed E-state index contributed by atoms with van der Waals surface area (Å²) in [7, 11) is 0. The van der Waals surface area contributed by atoms with Crippen LogP contribution in [0.4, 0.5) is 5.69 Å². The fraction of sp³-hybridized carbons (Fsp3) is 0.150. The molecule has 1 saturated heterocycles. The number of rotatable bonds is 3. The van der Waals surface area contributed by atoms with Gasteiger partial charge in [-0.25, -0.2) is 0 Å². The monoisotopic (exact) mass is 344 g/mol. The third kappa shape index (κ3) is 2.47. The van der Waals surface area contributed by atoms with Crippen LogP contribution in [0.15, 0.2) is 65.3 Å². The number of aromatic nitrogens is 3. The summed E-state index contributed by atoms with van der Waals surface area (Å²) in [5, 5.41) is 5.26. The molecule has 4 aromatic rings. The molecular weight excluding hydrogens is 328 g/mol. The van der Waals surface area contributed by atoms with Crippen molar-refractivity contribution in [3.05, 3.63) is 66.6 Å². The van der Waals surface area contributed by atoms with Crippen molar-refractivity contribution in [3.8, 4) is 11.5 Å². The van der Waals surface area contributed by atoms with Crippen molar-refractivity contribution < 1.29 is 9.32 Å². The molecule has 0 saturated carbocycles. The fourth-order valence-corrected chi connectivity index (χ4v) is 3.44. The number of carbonyl (C=O) groups excluding carboxylic acids is 1. The number of hydrogen-bond acceptors (Lipinski definition) is 4. The lowest BCUT2D eigenvalue weighted by molar-refractivity contribution is -0.117. The van der Waals surface area contributed by atoms with Gasteiger partial charge in [-0.1, -0.05) is 29.4 Å². The van der Waals surface area contributed by atoms with E-state index in [1.807, 2.05) is 60.8 Å². The van der Waals surface area contributed by atoms with E-state index in [1.54, 1.807) is 4.90 Å². The van der Waals surface area contributed by atoms with Crippen molar-refractivity contribution in [3.63, 3.8) is 0 Å². The number of carbonyl (C=O) groups is 1. The normalized spacial score (nSPS) is 17.3. The second kappa shape index (κ2) is 5.84. The van der Waals surface area contributed by atoms with Crippen molar-refractivity contribution >= 4 is 22.5 Å². The quantitative estimate of drug-likeness (QED) is 0.614. The molecule has 1 N–H and O–H groups in total. The largest absolute Gasteiger partial charge is 0.361 e. The molecule has 1 unspecified atom stereocenters. The van der Waals surface area contributed by atoms with E-state index >= 15 is 0 Å². The molecule has 1 fully saturated rings. The van der Waals surface area contributed by atoms with Crippen LogP contribution in [0.5, 0.6) is 0 Å². The van der Waals surface area contributed by atoms with E-state index in [9.17, 15) is 4.79 Å². The Morgan fingerprint density at radius 3 is 2.88 bits per heavy atom. The Balaban J connectivity index is 1.41. The minimum atomic E-state index is -0.0607. The Kier molecular flexibility index (Phi) is 3.35. The van der Waals surface area contributed by atoms with Crippen LogP contribution in [0.3, 0.4) is 0 Å². The molecule has 0 radical (unpaired) electrons. The highest BCUT2D eigenvalue weighted by Gasteiger charge is 2.34. The molecule has 1 atom stereocenters. The Hall–Kier alpha value is -3.41. The number of H-pyrrole nitrogens is 1. The molecule has 2 aromatic carbocycles. The van der Waals surface area contributed by atoms with Gasteiger partial charge in [0.25, 0.3) is 5.89 Å². The average Bonchev–Trinajstić information content (AvgIpc) is 3.40. The number of fused-ring (bicyclic) bond motifs is 1. The summed E-state index contributed by atoms with van der Waals surface area (Å²) in [5.74, 6) is 1.08. The molecule has 6 heteroatoms. The Labute approximate surface area is 149 Å². The number of anilines is 1. The zero-order valence-electron chi connectivity index (χ0n) is 13.9. The van der Waals surface area contributed by atoms with E-state index in [0.717, 1.165) is 22.2 Å². The zero-order valence-corrected chi connectivity index (χ0v) is 13.9. The molecule has 1 aliphatic rings. The third-order valence-electron chi connectivity index (χ3n) is 4.80. The predicted octanol–water partition coefficient (Wildman–Crippen LogP) is 3.74. The van der Waals surface area contributed by atoms with Crippen LogP contribution < -0.4 is 4.90 Å². The average molecular weight is 344 g/mol. The highest BCUT2D eigenvalue weighted by Crippen LogP contribution is 2.31. The van der Waals surface area contributed by atoms with Gasteiger partial charge < -0.3 is 14.4 Å². The molecule has 0 spiro atoms. The summed E-state index contributed by atoms with van der Waals surface area (Å²) in [6, 6.07) is 17.7. The number of aromatic amines is 1. The first-order valence-electron chi connectivity index (χ1n) is 8.54. The van der Waals surface area contributed by atoms with E-state index in [2.05, 4.69) is 15.1 Å². The Morgan fingerprint density at radius 2 is 2.00 bits per heavy atom. The van der Waals surface area contributed by atoms with Crippen LogP contribution in [0.1, 0.15) is 18.2 Å². The van der Waals surface area contributed by atoms with Crippen molar-refractivity contribution in [1.29, 1.82) is 0 Å². The van der Waals surface area contributed by atoms with Gasteiger partial charge in [-0.3, -0.25) is 4.79 Å². The van der Waals surface area contributed by atoms with Gasteiger partial charge in [-0.2, -0.15) is 4.98 Å². The molecule has 0 bridgehead atoms. The number of hydrogen-bond donors (Lipinski definition) is 1. The van der Waals surface area contributed by atoms with E-state index in [4.69, 9.17) is 4.52 Å². The van der Waals surface area contributed by atoms with Crippen LogP contribution in [-0.4, -0.2) is 27.6 Å². The highest BCUT2D eigenvalue weighted by molar-refractivity contribution is 5.96. The number of para-hydroxylation sites is 1. The van der Waals surface area contributed by atoms with Crippen LogP contribution in [-0.2, 0) is 4.79 Å². The standard InChI is InChI=1S/C20H16N4O2/c25-18-11-15(12-24(18)16-4-2-1-3-5-16)19-22-20(26-23-19)14-7-6-13-8-9-21-17(13)10-14/h1-10,15,21H,11-12H2. The summed E-state index contributed by atoms with van der Waals surface area (Å²) in [5.41, 5.74) is 2.79. The van der Waals surface area contributed by atoms with Gasteiger partial charge in [-0.15, -0.1) is 0 Å². The lowest BCUT2D eigenvalue weighted by Gasteiger charge is -2.15. The first kappa shape index (κ1) is 14.9. The van der Waals surface area contributed by atoms with Crippen LogP contribution in [0, 0.1) is 0 Å². The maximum atomic E-state index is 12.4. The molecule has 0 aliphatic carbocycles. The lowest BCUT2D eigenvalue weighted by atomic mass is 10.1. The molecule has 5 rings (SSSR count). The number of nitrogens with zero attached hydrogens (tertiary/aromatic N) is 3. The molecule has 26 heavy (non-hydrogen) atoms. The summed E-state index contributed by atoms with van der Waals surface area (Å²) in [6.45, 7) is 0.567. The van der Waals surface area contributed by atoms with Gasteiger partial charge in [0.15, 0.2) is 5.82 Å². The Morgan fingerprint density at radius 1 is 1.12 bits per heavy atom. The van der Waals surface area contributed by atoms with Gasteiger partial charge in [0.1, 0.15) is 0 Å².